The first-order chi connectivity index (χ1) is 13.4. The Morgan fingerprint density at radius 2 is 1.00 bits per heavy atom. The molecule has 0 aliphatic carbocycles. The molecule has 6 nitrogen and oxygen atoms in total. The number of hydrogen-bond acceptors (Lipinski definition) is 4. The summed E-state index contributed by atoms with van der Waals surface area (Å²) < 4.78 is 0. The molecule has 0 heterocycles. The van der Waals surface area contributed by atoms with Gasteiger partial charge in [-0.2, -0.15) is 0 Å². The molecule has 28 heavy (non-hydrogen) atoms. The molecule has 3 aromatic rings. The molecule has 3 rings (SSSR count). The van der Waals surface area contributed by atoms with Gasteiger partial charge in [0, 0.05) is 11.4 Å². The van der Waals surface area contributed by atoms with Gasteiger partial charge in [-0.25, -0.2) is 0 Å². The summed E-state index contributed by atoms with van der Waals surface area (Å²) in [5.74, 6) is -1.44. The number of para-hydroxylation sites is 2. The first kappa shape index (κ1) is 19.0. The molecular formula is C22H22N4O2. The number of carbonyl (C=O) groups excluding carboxylic acids is 2. The molecule has 0 radical (unpaired) electrons. The monoisotopic (exact) mass is 374 g/mol. The number of benzene rings is 3. The minimum Gasteiger partial charge on any atom is -0.366 e. The van der Waals surface area contributed by atoms with Crippen molar-refractivity contribution in [2.45, 2.75) is 13.8 Å². The Morgan fingerprint density at radius 3 is 1.32 bits per heavy atom. The molecule has 6 N–H and O–H groups in total. The van der Waals surface area contributed by atoms with E-state index in [2.05, 4.69) is 10.6 Å². The molecular weight excluding hydrogens is 352 g/mol. The second kappa shape index (κ2) is 7.84. The highest BCUT2D eigenvalue weighted by Crippen LogP contribution is 2.33. The molecule has 0 fully saturated rings. The van der Waals surface area contributed by atoms with E-state index in [-0.39, 0.29) is 11.1 Å². The van der Waals surface area contributed by atoms with E-state index in [4.69, 9.17) is 11.5 Å². The van der Waals surface area contributed by atoms with E-state index >= 15 is 0 Å². The number of amides is 2. The van der Waals surface area contributed by atoms with Crippen LogP contribution in [0.5, 0.6) is 0 Å². The van der Waals surface area contributed by atoms with E-state index in [1.807, 2.05) is 62.4 Å². The number of aryl methyl sites for hydroxylation is 2. The maximum Gasteiger partial charge on any atom is 0.249 e. The Kier molecular flexibility index (Phi) is 5.31. The predicted octanol–water partition coefficient (Wildman–Crippen LogP) is 3.99. The van der Waals surface area contributed by atoms with Crippen LogP contribution >= 0.6 is 0 Å². The molecule has 0 unspecified atom stereocenters. The quantitative estimate of drug-likeness (QED) is 0.523. The fraction of sp³-hybridized carbons (Fsp3) is 0.0909. The number of rotatable bonds is 6. The van der Waals surface area contributed by atoms with Gasteiger partial charge < -0.3 is 22.1 Å². The highest BCUT2D eigenvalue weighted by molar-refractivity contribution is 6.08. The van der Waals surface area contributed by atoms with Crippen molar-refractivity contribution in [1.82, 2.24) is 0 Å². The van der Waals surface area contributed by atoms with E-state index in [1.54, 1.807) is 12.1 Å². The summed E-state index contributed by atoms with van der Waals surface area (Å²) in [7, 11) is 0. The van der Waals surface area contributed by atoms with Crippen molar-refractivity contribution in [3.8, 4) is 0 Å². The van der Waals surface area contributed by atoms with Gasteiger partial charge in [0.2, 0.25) is 11.8 Å². The van der Waals surface area contributed by atoms with Crippen LogP contribution in [0, 0.1) is 13.8 Å². The lowest BCUT2D eigenvalue weighted by Gasteiger charge is -2.19. The second-order valence-electron chi connectivity index (χ2n) is 6.55. The zero-order valence-corrected chi connectivity index (χ0v) is 15.7. The van der Waals surface area contributed by atoms with Gasteiger partial charge in [-0.05, 0) is 49.2 Å². The summed E-state index contributed by atoms with van der Waals surface area (Å²) in [6, 6.07) is 18.6. The average Bonchev–Trinajstić information content (AvgIpc) is 2.66. The maximum absolute atomic E-state index is 11.9. The van der Waals surface area contributed by atoms with Crippen LogP contribution in [0.15, 0.2) is 60.7 Å². The molecule has 0 aromatic heterocycles. The molecule has 0 saturated carbocycles. The molecule has 0 bridgehead atoms. The molecule has 0 aliphatic rings. The van der Waals surface area contributed by atoms with Crippen molar-refractivity contribution < 1.29 is 9.59 Å². The van der Waals surface area contributed by atoms with Crippen molar-refractivity contribution in [2.24, 2.45) is 11.5 Å². The van der Waals surface area contributed by atoms with Crippen LogP contribution in [-0.4, -0.2) is 11.8 Å². The number of hydrogen-bond donors (Lipinski definition) is 4. The van der Waals surface area contributed by atoms with Crippen molar-refractivity contribution in [1.29, 1.82) is 0 Å². The van der Waals surface area contributed by atoms with Crippen molar-refractivity contribution in [2.75, 3.05) is 10.6 Å². The van der Waals surface area contributed by atoms with Crippen LogP contribution < -0.4 is 22.1 Å². The molecule has 0 spiro atoms. The molecule has 2 amide bonds. The number of nitrogens with one attached hydrogen (secondary N) is 2. The highest BCUT2D eigenvalue weighted by Gasteiger charge is 2.18. The van der Waals surface area contributed by atoms with Gasteiger partial charge >= 0.3 is 0 Å². The Bertz CT molecular complexity index is 976. The lowest BCUT2D eigenvalue weighted by molar-refractivity contribution is 0.0967. The Hall–Kier alpha value is -3.80. The number of nitrogens with two attached hydrogens (primary N) is 2. The molecule has 142 valence electrons. The van der Waals surface area contributed by atoms with Gasteiger partial charge in [0.25, 0.3) is 0 Å². The normalized spacial score (nSPS) is 10.4. The zero-order valence-electron chi connectivity index (χ0n) is 15.7. The summed E-state index contributed by atoms with van der Waals surface area (Å²) >= 11 is 0. The SMILES string of the molecule is Cc1ccccc1Nc1cc(C(N)=O)c(C(N)=O)cc1Nc1ccccc1C. The van der Waals surface area contributed by atoms with Crippen LogP contribution in [0.3, 0.4) is 0 Å². The third-order valence-corrected chi connectivity index (χ3v) is 4.52. The lowest BCUT2D eigenvalue weighted by Crippen LogP contribution is -2.21. The number of carbonyl (C=O) groups is 2. The topological polar surface area (TPSA) is 110 Å². The van der Waals surface area contributed by atoms with E-state index in [0.29, 0.717) is 11.4 Å². The zero-order chi connectivity index (χ0) is 20.3. The van der Waals surface area contributed by atoms with Crippen LogP contribution in [-0.2, 0) is 0 Å². The van der Waals surface area contributed by atoms with E-state index in [9.17, 15) is 9.59 Å². The molecule has 6 heteroatoms. The summed E-state index contributed by atoms with van der Waals surface area (Å²) in [5.41, 5.74) is 16.1. The number of primary amides is 2. The Labute approximate surface area is 163 Å². The summed E-state index contributed by atoms with van der Waals surface area (Å²) in [6.45, 7) is 3.95. The maximum atomic E-state index is 11.9. The van der Waals surface area contributed by atoms with Gasteiger partial charge in [0.15, 0.2) is 0 Å². The summed E-state index contributed by atoms with van der Waals surface area (Å²) in [6.07, 6.45) is 0. The van der Waals surface area contributed by atoms with Crippen LogP contribution in [0.1, 0.15) is 31.8 Å². The fourth-order valence-corrected chi connectivity index (χ4v) is 2.93. The average molecular weight is 374 g/mol. The van der Waals surface area contributed by atoms with E-state index < -0.39 is 11.8 Å². The third kappa shape index (κ3) is 3.96. The highest BCUT2D eigenvalue weighted by atomic mass is 16.2. The first-order valence-electron chi connectivity index (χ1n) is 8.79. The van der Waals surface area contributed by atoms with Crippen LogP contribution in [0.25, 0.3) is 0 Å². The van der Waals surface area contributed by atoms with Crippen molar-refractivity contribution in [3.63, 3.8) is 0 Å². The van der Waals surface area contributed by atoms with Crippen LogP contribution in [0.4, 0.5) is 22.7 Å². The van der Waals surface area contributed by atoms with Crippen LogP contribution in [0.2, 0.25) is 0 Å². The summed E-state index contributed by atoms with van der Waals surface area (Å²) in [4.78, 5) is 23.8. The van der Waals surface area contributed by atoms with Crippen molar-refractivity contribution >= 4 is 34.6 Å². The van der Waals surface area contributed by atoms with E-state index in [0.717, 1.165) is 22.5 Å². The number of anilines is 4. The third-order valence-electron chi connectivity index (χ3n) is 4.52. The molecule has 0 aliphatic heterocycles. The van der Waals surface area contributed by atoms with Crippen molar-refractivity contribution in [3.05, 3.63) is 82.9 Å². The Balaban J connectivity index is 2.15. The van der Waals surface area contributed by atoms with E-state index in [1.165, 1.54) is 0 Å². The lowest BCUT2D eigenvalue weighted by atomic mass is 10.0. The van der Waals surface area contributed by atoms with Gasteiger partial charge in [-0.15, -0.1) is 0 Å². The predicted molar refractivity (Wildman–Crippen MR) is 112 cm³/mol. The fourth-order valence-electron chi connectivity index (χ4n) is 2.93. The van der Waals surface area contributed by atoms with Gasteiger partial charge in [-0.1, -0.05) is 36.4 Å². The first-order valence-corrected chi connectivity index (χ1v) is 8.79. The standard InChI is InChI=1S/C22H22N4O2/c1-13-7-3-5-9-17(13)25-19-11-15(21(23)27)16(22(24)28)12-20(19)26-18-10-6-4-8-14(18)2/h3-12,25-26H,1-2H3,(H2,23,27)(H2,24,28). The van der Waals surface area contributed by atoms with Gasteiger partial charge in [-0.3, -0.25) is 9.59 Å². The molecule has 3 aromatic carbocycles. The summed E-state index contributed by atoms with van der Waals surface area (Å²) in [5, 5.41) is 6.64. The van der Waals surface area contributed by atoms with Gasteiger partial charge in [0.1, 0.15) is 0 Å². The largest absolute Gasteiger partial charge is 0.366 e. The minimum atomic E-state index is -0.718. The Morgan fingerprint density at radius 1 is 0.643 bits per heavy atom. The second-order valence-corrected chi connectivity index (χ2v) is 6.55. The minimum absolute atomic E-state index is 0.0684. The molecule has 0 saturated heterocycles. The smallest absolute Gasteiger partial charge is 0.249 e. The van der Waals surface area contributed by atoms with Gasteiger partial charge in [0.05, 0.1) is 22.5 Å². The molecule has 0 atom stereocenters.